The highest BCUT2D eigenvalue weighted by molar-refractivity contribution is 6.32. The van der Waals surface area contributed by atoms with Crippen molar-refractivity contribution >= 4 is 23.2 Å². The number of para-hydroxylation sites is 2. The van der Waals surface area contributed by atoms with Crippen molar-refractivity contribution in [2.24, 2.45) is 0 Å². The third-order valence-electron chi connectivity index (χ3n) is 3.24. The molecule has 0 unspecified atom stereocenters. The summed E-state index contributed by atoms with van der Waals surface area (Å²) in [6.45, 7) is 5.62. The number of anilines is 1. The maximum atomic E-state index is 12.3. The molecule has 0 spiro atoms. The molecular weight excluding hydrogens is 286 g/mol. The maximum absolute atomic E-state index is 12.3. The molecule has 2 aromatic rings. The summed E-state index contributed by atoms with van der Waals surface area (Å²) < 4.78 is 5.61. The van der Waals surface area contributed by atoms with Gasteiger partial charge in [-0.2, -0.15) is 0 Å². The third-order valence-corrected chi connectivity index (χ3v) is 3.55. The molecule has 1 N–H and O–H groups in total. The summed E-state index contributed by atoms with van der Waals surface area (Å²) >= 11 is 6.03. The fourth-order valence-corrected chi connectivity index (χ4v) is 2.20. The van der Waals surface area contributed by atoms with Gasteiger partial charge in [-0.15, -0.1) is 0 Å². The lowest BCUT2D eigenvalue weighted by atomic mass is 10.1. The molecule has 2 aromatic carbocycles. The normalized spacial score (nSPS) is 11.8. The van der Waals surface area contributed by atoms with Crippen molar-refractivity contribution in [2.75, 3.05) is 5.32 Å². The minimum Gasteiger partial charge on any atom is -0.479 e. The van der Waals surface area contributed by atoms with Gasteiger partial charge >= 0.3 is 0 Å². The Hall–Kier alpha value is -2.00. The van der Waals surface area contributed by atoms with Crippen molar-refractivity contribution < 1.29 is 9.53 Å². The molecule has 3 nitrogen and oxygen atoms in total. The van der Waals surface area contributed by atoms with E-state index in [1.54, 1.807) is 19.1 Å². The van der Waals surface area contributed by atoms with Gasteiger partial charge in [0.25, 0.3) is 5.91 Å². The fourth-order valence-electron chi connectivity index (χ4n) is 2.02. The Balaban J connectivity index is 2.08. The largest absolute Gasteiger partial charge is 0.479 e. The molecule has 0 aliphatic heterocycles. The zero-order valence-electron chi connectivity index (χ0n) is 12.3. The highest BCUT2D eigenvalue weighted by atomic mass is 35.5. The van der Waals surface area contributed by atoms with E-state index in [1.807, 2.05) is 44.2 Å². The van der Waals surface area contributed by atoms with Crippen LogP contribution in [0.1, 0.15) is 18.1 Å². The van der Waals surface area contributed by atoms with E-state index in [-0.39, 0.29) is 5.91 Å². The Morgan fingerprint density at radius 2 is 1.71 bits per heavy atom. The fraction of sp³-hybridized carbons (Fsp3) is 0.235. The van der Waals surface area contributed by atoms with Gasteiger partial charge in [0.1, 0.15) is 5.75 Å². The van der Waals surface area contributed by atoms with Gasteiger partial charge in [0.05, 0.1) is 5.02 Å². The predicted molar refractivity (Wildman–Crippen MR) is 86.1 cm³/mol. The van der Waals surface area contributed by atoms with Crippen LogP contribution in [0.4, 0.5) is 5.69 Å². The Morgan fingerprint density at radius 1 is 1.10 bits per heavy atom. The Labute approximate surface area is 129 Å². The summed E-state index contributed by atoms with van der Waals surface area (Å²) in [4.78, 5) is 12.3. The number of hydrogen-bond donors (Lipinski definition) is 1. The molecule has 0 saturated carbocycles. The number of hydrogen-bond acceptors (Lipinski definition) is 2. The first-order valence-electron chi connectivity index (χ1n) is 6.77. The van der Waals surface area contributed by atoms with Crippen molar-refractivity contribution in [3.63, 3.8) is 0 Å². The van der Waals surface area contributed by atoms with Crippen LogP contribution in [0.15, 0.2) is 42.5 Å². The van der Waals surface area contributed by atoms with Crippen LogP contribution >= 0.6 is 11.6 Å². The SMILES string of the molecule is Cc1cccc(C)c1NC(=O)[C@@H](C)Oc1ccccc1Cl. The summed E-state index contributed by atoms with van der Waals surface area (Å²) in [7, 11) is 0. The first kappa shape index (κ1) is 15.4. The second-order valence-corrected chi connectivity index (χ2v) is 5.35. The third kappa shape index (κ3) is 3.76. The molecule has 1 atom stereocenters. The van der Waals surface area contributed by atoms with E-state index in [2.05, 4.69) is 5.32 Å². The summed E-state index contributed by atoms with van der Waals surface area (Å²) in [5.74, 6) is 0.302. The molecule has 0 radical (unpaired) electrons. The van der Waals surface area contributed by atoms with Crippen molar-refractivity contribution in [3.05, 3.63) is 58.6 Å². The minimum atomic E-state index is -0.635. The van der Waals surface area contributed by atoms with Gasteiger partial charge in [-0.05, 0) is 44.0 Å². The molecule has 0 fully saturated rings. The van der Waals surface area contributed by atoms with E-state index in [0.29, 0.717) is 10.8 Å². The molecule has 1 amide bonds. The lowest BCUT2D eigenvalue weighted by molar-refractivity contribution is -0.122. The van der Waals surface area contributed by atoms with Crippen molar-refractivity contribution in [1.29, 1.82) is 0 Å². The molecule has 4 heteroatoms. The van der Waals surface area contributed by atoms with Gasteiger partial charge in [0, 0.05) is 5.69 Å². The molecule has 0 heterocycles. The standard InChI is InChI=1S/C17H18ClNO2/c1-11-7-6-8-12(2)16(11)19-17(20)13(3)21-15-10-5-4-9-14(15)18/h4-10,13H,1-3H3,(H,19,20)/t13-/m1/s1. The van der Waals surface area contributed by atoms with Crippen molar-refractivity contribution in [1.82, 2.24) is 0 Å². The first-order chi connectivity index (χ1) is 9.99. The van der Waals surface area contributed by atoms with E-state index < -0.39 is 6.10 Å². The zero-order chi connectivity index (χ0) is 15.4. The Morgan fingerprint density at radius 3 is 2.33 bits per heavy atom. The number of nitrogens with one attached hydrogen (secondary N) is 1. The molecule has 0 aromatic heterocycles. The molecule has 21 heavy (non-hydrogen) atoms. The highest BCUT2D eigenvalue weighted by Crippen LogP contribution is 2.25. The van der Waals surface area contributed by atoms with Gasteiger partial charge in [0.15, 0.2) is 6.10 Å². The molecule has 110 valence electrons. The minimum absolute atomic E-state index is 0.202. The number of halogens is 1. The number of carbonyl (C=O) groups excluding carboxylic acids is 1. The second kappa shape index (κ2) is 6.64. The number of carbonyl (C=O) groups is 1. The van der Waals surface area contributed by atoms with Crippen molar-refractivity contribution in [3.8, 4) is 5.75 Å². The van der Waals surface area contributed by atoms with Gasteiger partial charge in [-0.25, -0.2) is 0 Å². The number of ether oxygens (including phenoxy) is 1. The summed E-state index contributed by atoms with van der Waals surface area (Å²) in [5.41, 5.74) is 2.87. The van der Waals surface area contributed by atoms with Crippen LogP contribution in [0, 0.1) is 13.8 Å². The Bertz CT molecular complexity index is 635. The second-order valence-electron chi connectivity index (χ2n) is 4.95. The van der Waals surface area contributed by atoms with Gasteiger partial charge in [-0.3, -0.25) is 4.79 Å². The molecular formula is C17H18ClNO2. The predicted octanol–water partition coefficient (Wildman–Crippen LogP) is 4.36. The summed E-state index contributed by atoms with van der Waals surface area (Å²) in [6, 6.07) is 13.0. The molecule has 0 aliphatic rings. The van der Waals surface area contributed by atoms with Crippen LogP contribution in [0.5, 0.6) is 5.75 Å². The number of aryl methyl sites for hydroxylation is 2. The highest BCUT2D eigenvalue weighted by Gasteiger charge is 2.17. The summed E-state index contributed by atoms with van der Waals surface area (Å²) in [6.07, 6.45) is -0.635. The van der Waals surface area contributed by atoms with Crippen LogP contribution in [-0.2, 0) is 4.79 Å². The Kier molecular flexibility index (Phi) is 4.86. The first-order valence-corrected chi connectivity index (χ1v) is 7.15. The van der Waals surface area contributed by atoms with Crippen LogP contribution in [0.3, 0.4) is 0 Å². The van der Waals surface area contributed by atoms with Crippen molar-refractivity contribution in [2.45, 2.75) is 26.9 Å². The zero-order valence-corrected chi connectivity index (χ0v) is 13.1. The lowest BCUT2D eigenvalue weighted by Crippen LogP contribution is -2.30. The monoisotopic (exact) mass is 303 g/mol. The van der Waals surface area contributed by atoms with E-state index in [9.17, 15) is 4.79 Å². The molecule has 2 rings (SSSR count). The summed E-state index contributed by atoms with van der Waals surface area (Å²) in [5, 5.41) is 3.40. The average molecular weight is 304 g/mol. The van der Waals surface area contributed by atoms with E-state index in [4.69, 9.17) is 16.3 Å². The molecule has 0 saturated heterocycles. The van der Waals surface area contributed by atoms with Gasteiger partial charge < -0.3 is 10.1 Å². The van der Waals surface area contributed by atoms with E-state index in [0.717, 1.165) is 16.8 Å². The smallest absolute Gasteiger partial charge is 0.265 e. The van der Waals surface area contributed by atoms with Crippen LogP contribution < -0.4 is 10.1 Å². The number of rotatable bonds is 4. The quantitative estimate of drug-likeness (QED) is 0.911. The average Bonchev–Trinajstić information content (AvgIpc) is 2.45. The number of benzene rings is 2. The number of amides is 1. The van der Waals surface area contributed by atoms with Gasteiger partial charge in [0.2, 0.25) is 0 Å². The van der Waals surface area contributed by atoms with Crippen LogP contribution in [-0.4, -0.2) is 12.0 Å². The topological polar surface area (TPSA) is 38.3 Å². The van der Waals surface area contributed by atoms with E-state index in [1.165, 1.54) is 0 Å². The van der Waals surface area contributed by atoms with Crippen LogP contribution in [0.25, 0.3) is 0 Å². The van der Waals surface area contributed by atoms with Crippen LogP contribution in [0.2, 0.25) is 5.02 Å². The van der Waals surface area contributed by atoms with E-state index >= 15 is 0 Å². The van der Waals surface area contributed by atoms with Gasteiger partial charge in [-0.1, -0.05) is 41.9 Å². The molecule has 0 bridgehead atoms. The maximum Gasteiger partial charge on any atom is 0.265 e. The molecule has 0 aliphatic carbocycles. The lowest BCUT2D eigenvalue weighted by Gasteiger charge is -2.17.